The molecule has 7 nitrogen and oxygen atoms in total. The smallest absolute Gasteiger partial charge is 0.377 e. The lowest BCUT2D eigenvalue weighted by atomic mass is 10.2. The Morgan fingerprint density at radius 1 is 1.53 bits per heavy atom. The van der Waals surface area contributed by atoms with Crippen molar-refractivity contribution < 1.29 is 18.0 Å². The van der Waals surface area contributed by atoms with Crippen LogP contribution in [-0.4, -0.2) is 26.6 Å². The Labute approximate surface area is 106 Å². The van der Waals surface area contributed by atoms with Gasteiger partial charge in [0.1, 0.15) is 12.3 Å². The topological polar surface area (TPSA) is 75.1 Å². The number of nitrogens with zero attached hydrogens (tertiary/aromatic N) is 4. The van der Waals surface area contributed by atoms with E-state index in [4.69, 9.17) is 4.74 Å². The fraction of sp³-hybridized carbons (Fsp3) is 0.500. The first-order chi connectivity index (χ1) is 9.02. The number of aromatic nitrogens is 4. The molecule has 0 amide bonds. The van der Waals surface area contributed by atoms with Crippen molar-refractivity contribution in [3.05, 3.63) is 33.8 Å². The molecule has 0 aliphatic heterocycles. The van der Waals surface area contributed by atoms with Crippen LogP contribution in [0.2, 0.25) is 0 Å². The Kier molecular flexibility index (Phi) is 3.74. The van der Waals surface area contributed by atoms with Crippen molar-refractivity contribution in [3.8, 4) is 0 Å². The second kappa shape index (κ2) is 5.31. The Morgan fingerprint density at radius 2 is 2.26 bits per heavy atom. The van der Waals surface area contributed by atoms with Crippen LogP contribution in [0.4, 0.5) is 8.78 Å². The molecule has 0 unspecified atom stereocenters. The molecule has 0 radical (unpaired) electrons. The number of hydrogen-bond donors (Lipinski definition) is 0. The lowest BCUT2D eigenvalue weighted by Crippen LogP contribution is -2.18. The first-order valence-corrected chi connectivity index (χ1v) is 5.37. The van der Waals surface area contributed by atoms with Crippen LogP contribution in [0, 0.1) is 0 Å². The van der Waals surface area contributed by atoms with Gasteiger partial charge >= 0.3 is 5.76 Å². The molecule has 2 aromatic rings. The van der Waals surface area contributed by atoms with Gasteiger partial charge < -0.3 is 4.74 Å². The Hall–Kier alpha value is -2.03. The first-order valence-electron chi connectivity index (χ1n) is 5.37. The van der Waals surface area contributed by atoms with E-state index in [9.17, 15) is 13.6 Å². The van der Waals surface area contributed by atoms with E-state index in [1.165, 1.54) is 25.0 Å². The summed E-state index contributed by atoms with van der Waals surface area (Å²) >= 11 is 0. The monoisotopic (exact) mass is 274 g/mol. The zero-order valence-electron chi connectivity index (χ0n) is 10.3. The summed E-state index contributed by atoms with van der Waals surface area (Å²) in [4.78, 5) is 11.5. The number of aryl methyl sites for hydroxylation is 1. The molecule has 0 aliphatic rings. The van der Waals surface area contributed by atoms with Gasteiger partial charge in [-0.05, 0) is 0 Å². The van der Waals surface area contributed by atoms with Gasteiger partial charge in [0, 0.05) is 25.9 Å². The van der Waals surface area contributed by atoms with E-state index >= 15 is 0 Å². The predicted octanol–water partition coefficient (Wildman–Crippen LogP) is 0.702. The van der Waals surface area contributed by atoms with Crippen LogP contribution < -0.4 is 5.76 Å². The molecule has 0 aliphatic carbocycles. The van der Waals surface area contributed by atoms with Gasteiger partial charge in [0.15, 0.2) is 5.82 Å². The molecule has 0 saturated heterocycles. The SMILES string of the molecule is COCc1noc(=O)n1Cc1cn(C)nc1C(F)F. The highest BCUT2D eigenvalue weighted by atomic mass is 19.3. The Bertz CT molecular complexity index is 617. The summed E-state index contributed by atoms with van der Waals surface area (Å²) in [5, 5.41) is 7.18. The van der Waals surface area contributed by atoms with Crippen molar-refractivity contribution >= 4 is 0 Å². The number of methoxy groups -OCH3 is 1. The maximum Gasteiger partial charge on any atom is 0.441 e. The third kappa shape index (κ3) is 2.70. The summed E-state index contributed by atoms with van der Waals surface area (Å²) in [6.07, 6.45) is -1.28. The van der Waals surface area contributed by atoms with Gasteiger partial charge in [-0.25, -0.2) is 13.6 Å². The van der Waals surface area contributed by atoms with E-state index in [1.807, 2.05) is 0 Å². The van der Waals surface area contributed by atoms with Crippen LogP contribution in [-0.2, 0) is 24.9 Å². The zero-order chi connectivity index (χ0) is 14.0. The maximum absolute atomic E-state index is 12.8. The molecule has 0 N–H and O–H groups in total. The normalized spacial score (nSPS) is 11.4. The van der Waals surface area contributed by atoms with E-state index in [0.29, 0.717) is 0 Å². The van der Waals surface area contributed by atoms with Crippen LogP contribution >= 0.6 is 0 Å². The summed E-state index contributed by atoms with van der Waals surface area (Å²) in [7, 11) is 2.96. The molecule has 2 rings (SSSR count). The molecular formula is C10H12F2N4O3. The van der Waals surface area contributed by atoms with Gasteiger partial charge in [-0.1, -0.05) is 5.16 Å². The molecule has 9 heteroatoms. The molecule has 19 heavy (non-hydrogen) atoms. The Balaban J connectivity index is 2.36. The summed E-state index contributed by atoms with van der Waals surface area (Å²) < 4.78 is 37.3. The quantitative estimate of drug-likeness (QED) is 0.802. The minimum atomic E-state index is -2.71. The average molecular weight is 274 g/mol. The Morgan fingerprint density at radius 3 is 2.89 bits per heavy atom. The van der Waals surface area contributed by atoms with E-state index in [1.54, 1.807) is 0 Å². The number of ether oxygens (including phenoxy) is 1. The second-order valence-corrected chi connectivity index (χ2v) is 3.90. The van der Waals surface area contributed by atoms with Gasteiger partial charge in [0.2, 0.25) is 0 Å². The predicted molar refractivity (Wildman–Crippen MR) is 58.7 cm³/mol. The van der Waals surface area contributed by atoms with Crippen LogP contribution in [0.1, 0.15) is 23.5 Å². The van der Waals surface area contributed by atoms with Crippen LogP contribution in [0.25, 0.3) is 0 Å². The highest BCUT2D eigenvalue weighted by molar-refractivity contribution is 5.18. The average Bonchev–Trinajstić information content (AvgIpc) is 2.87. The molecule has 0 atom stereocenters. The lowest BCUT2D eigenvalue weighted by molar-refractivity contribution is 0.144. The molecule has 0 aromatic carbocycles. The van der Waals surface area contributed by atoms with E-state index < -0.39 is 12.2 Å². The lowest BCUT2D eigenvalue weighted by Gasteiger charge is -2.03. The molecule has 0 bridgehead atoms. The highest BCUT2D eigenvalue weighted by Gasteiger charge is 2.20. The molecule has 2 aromatic heterocycles. The summed E-state index contributed by atoms with van der Waals surface area (Å²) in [6, 6.07) is 0. The summed E-state index contributed by atoms with van der Waals surface area (Å²) in [5.74, 6) is -0.493. The van der Waals surface area contributed by atoms with E-state index in [0.717, 1.165) is 4.57 Å². The van der Waals surface area contributed by atoms with Crippen LogP contribution in [0.3, 0.4) is 0 Å². The van der Waals surface area contributed by atoms with Crippen molar-refractivity contribution in [2.24, 2.45) is 7.05 Å². The second-order valence-electron chi connectivity index (χ2n) is 3.90. The largest absolute Gasteiger partial charge is 0.441 e. The molecular weight excluding hydrogens is 262 g/mol. The minimum Gasteiger partial charge on any atom is -0.377 e. The summed E-state index contributed by atoms with van der Waals surface area (Å²) in [5.41, 5.74) is -0.126. The van der Waals surface area contributed by atoms with Crippen molar-refractivity contribution in [2.75, 3.05) is 7.11 Å². The van der Waals surface area contributed by atoms with Gasteiger partial charge in [-0.3, -0.25) is 13.8 Å². The standard InChI is InChI=1S/C10H12F2N4O3/c1-15-3-6(8(13-15)9(11)12)4-16-7(5-18-2)14-19-10(16)17/h3,9H,4-5H2,1-2H3. The first kappa shape index (κ1) is 13.4. The summed E-state index contributed by atoms with van der Waals surface area (Å²) in [6.45, 7) is -0.0371. The molecule has 2 heterocycles. The number of rotatable bonds is 5. The van der Waals surface area contributed by atoms with Gasteiger partial charge in [-0.15, -0.1) is 0 Å². The highest BCUT2D eigenvalue weighted by Crippen LogP contribution is 2.21. The molecule has 104 valence electrons. The van der Waals surface area contributed by atoms with Gasteiger partial charge in [-0.2, -0.15) is 5.10 Å². The fourth-order valence-corrected chi connectivity index (χ4v) is 1.72. The zero-order valence-corrected chi connectivity index (χ0v) is 10.3. The molecule has 0 fully saturated rings. The van der Waals surface area contributed by atoms with Crippen LogP contribution in [0.5, 0.6) is 0 Å². The number of halogens is 2. The van der Waals surface area contributed by atoms with Crippen molar-refractivity contribution in [1.82, 2.24) is 19.5 Å². The molecule has 0 saturated carbocycles. The maximum atomic E-state index is 12.8. The van der Waals surface area contributed by atoms with Gasteiger partial charge in [0.05, 0.1) is 6.54 Å². The number of alkyl halides is 2. The van der Waals surface area contributed by atoms with E-state index in [-0.39, 0.29) is 30.2 Å². The van der Waals surface area contributed by atoms with Crippen LogP contribution in [0.15, 0.2) is 15.5 Å². The third-order valence-corrected chi connectivity index (χ3v) is 2.51. The fourth-order valence-electron chi connectivity index (χ4n) is 1.72. The molecule has 0 spiro atoms. The van der Waals surface area contributed by atoms with Crippen molar-refractivity contribution in [2.45, 2.75) is 19.6 Å². The van der Waals surface area contributed by atoms with E-state index in [2.05, 4.69) is 14.8 Å². The third-order valence-electron chi connectivity index (χ3n) is 2.51. The van der Waals surface area contributed by atoms with Gasteiger partial charge in [0.25, 0.3) is 6.43 Å². The van der Waals surface area contributed by atoms with Crippen molar-refractivity contribution in [3.63, 3.8) is 0 Å². The minimum absolute atomic E-state index is 0.0516. The van der Waals surface area contributed by atoms with Crippen molar-refractivity contribution in [1.29, 1.82) is 0 Å². The number of hydrogen-bond acceptors (Lipinski definition) is 5.